The third-order valence-electron chi connectivity index (χ3n) is 5.69. The zero-order valence-electron chi connectivity index (χ0n) is 21.8. The molecule has 0 amide bonds. The summed E-state index contributed by atoms with van der Waals surface area (Å²) in [5, 5.41) is 13.5. The molecule has 2 aromatic carbocycles. The van der Waals surface area contributed by atoms with E-state index >= 15 is 0 Å². The molecule has 2 rings (SSSR count). The van der Waals surface area contributed by atoms with Gasteiger partial charge in [-0.05, 0) is 37.6 Å². The highest BCUT2D eigenvalue weighted by Crippen LogP contribution is 2.45. The van der Waals surface area contributed by atoms with Crippen molar-refractivity contribution in [2.24, 2.45) is 0 Å². The molecule has 0 bridgehead atoms. The van der Waals surface area contributed by atoms with E-state index in [2.05, 4.69) is 12.0 Å². The van der Waals surface area contributed by atoms with E-state index < -0.39 is 24.7 Å². The molecule has 2 atom stereocenters. The second-order valence-corrected chi connectivity index (χ2v) is 10.6. The largest absolute Gasteiger partial charge is 0.513 e. The number of para-hydroxylation sites is 1. The molecule has 0 fully saturated rings. The minimum absolute atomic E-state index is 0.0864. The molecule has 0 saturated carbocycles. The summed E-state index contributed by atoms with van der Waals surface area (Å²) in [7, 11) is -4.10. The Bertz CT molecular complexity index is 986. The molecule has 0 radical (unpaired) electrons. The summed E-state index contributed by atoms with van der Waals surface area (Å²) in [6.07, 6.45) is 11.8. The number of hydrogen-bond acceptors (Lipinski definition) is 7. The Morgan fingerprint density at radius 3 is 1.92 bits per heavy atom. The Hall–Kier alpha value is -2.90. The van der Waals surface area contributed by atoms with Crippen molar-refractivity contribution in [3.05, 3.63) is 64.7 Å². The Morgan fingerprint density at radius 1 is 0.865 bits per heavy atom. The maximum Gasteiger partial charge on any atom is 0.513 e. The highest BCUT2D eigenvalue weighted by molar-refractivity contribution is 7.52. The number of hydrogen-bond donors (Lipinski definition) is 1. The standard InChI is InChI=1S/C27H39N2O7P/c1-3-4-5-6-7-8-9-10-11-15-22-34-27(30)23(2)28-37(33,35-25-16-13-12-14-17-25)36-26-20-18-24(19-21-26)29(31)32/h12-14,16-21,23H,3-11,15,22H2,1-2H3,(H,28,33). The molecule has 0 spiro atoms. The molecule has 204 valence electrons. The van der Waals surface area contributed by atoms with Gasteiger partial charge in [-0.25, -0.2) is 4.57 Å². The number of nitrogens with one attached hydrogen (secondary N) is 1. The van der Waals surface area contributed by atoms with E-state index in [0.29, 0.717) is 0 Å². The smallest absolute Gasteiger partial charge is 0.465 e. The maximum absolute atomic E-state index is 13.5. The fraction of sp³-hybridized carbons (Fsp3) is 0.519. The Labute approximate surface area is 219 Å². The molecular formula is C27H39N2O7P. The minimum atomic E-state index is -4.10. The van der Waals surface area contributed by atoms with Gasteiger partial charge in [0.2, 0.25) is 0 Å². The van der Waals surface area contributed by atoms with Gasteiger partial charge in [-0.3, -0.25) is 14.9 Å². The molecule has 2 unspecified atom stereocenters. The van der Waals surface area contributed by atoms with Crippen LogP contribution < -0.4 is 14.1 Å². The molecule has 0 heterocycles. The lowest BCUT2D eigenvalue weighted by molar-refractivity contribution is -0.384. The third-order valence-corrected chi connectivity index (χ3v) is 7.30. The predicted molar refractivity (Wildman–Crippen MR) is 144 cm³/mol. The molecule has 0 saturated heterocycles. The van der Waals surface area contributed by atoms with Crippen molar-refractivity contribution in [2.75, 3.05) is 6.61 Å². The van der Waals surface area contributed by atoms with Crippen molar-refractivity contribution in [1.82, 2.24) is 5.09 Å². The van der Waals surface area contributed by atoms with Gasteiger partial charge < -0.3 is 13.8 Å². The van der Waals surface area contributed by atoms with Crippen LogP contribution in [-0.2, 0) is 14.1 Å². The number of ether oxygens (including phenoxy) is 1. The molecule has 0 aliphatic carbocycles. The van der Waals surface area contributed by atoms with Crippen LogP contribution in [0.4, 0.5) is 5.69 Å². The van der Waals surface area contributed by atoms with E-state index in [4.69, 9.17) is 13.8 Å². The topological polar surface area (TPSA) is 117 Å². The van der Waals surface area contributed by atoms with Gasteiger partial charge in [0.1, 0.15) is 17.5 Å². The molecule has 10 heteroatoms. The second kappa shape index (κ2) is 16.8. The number of unbranched alkanes of at least 4 members (excludes halogenated alkanes) is 9. The SMILES string of the molecule is CCCCCCCCCCCCOC(=O)C(C)NP(=O)(Oc1ccccc1)Oc1ccc([N+](=O)[O-])cc1. The third kappa shape index (κ3) is 12.3. The first-order valence-electron chi connectivity index (χ1n) is 13.1. The monoisotopic (exact) mass is 534 g/mol. The number of nitrogens with zero attached hydrogens (tertiary/aromatic N) is 1. The number of nitro benzene ring substituents is 1. The molecule has 9 nitrogen and oxygen atoms in total. The number of rotatable bonds is 19. The zero-order chi connectivity index (χ0) is 26.9. The quantitative estimate of drug-likeness (QED) is 0.0643. The molecule has 0 aliphatic rings. The predicted octanol–water partition coefficient (Wildman–Crippen LogP) is 7.60. The Balaban J connectivity index is 1.83. The Morgan fingerprint density at radius 2 is 1.38 bits per heavy atom. The number of nitro groups is 1. The van der Waals surface area contributed by atoms with E-state index in [-0.39, 0.29) is 23.8 Å². The van der Waals surface area contributed by atoms with Crippen LogP contribution in [0.2, 0.25) is 0 Å². The lowest BCUT2D eigenvalue weighted by Crippen LogP contribution is -2.36. The highest BCUT2D eigenvalue weighted by Gasteiger charge is 2.34. The van der Waals surface area contributed by atoms with Crippen LogP contribution in [0.15, 0.2) is 54.6 Å². The zero-order valence-corrected chi connectivity index (χ0v) is 22.7. The number of carbonyl (C=O) groups excluding carboxylic acids is 1. The summed E-state index contributed by atoms with van der Waals surface area (Å²) in [4.78, 5) is 22.9. The normalized spacial score (nSPS) is 13.4. The summed E-state index contributed by atoms with van der Waals surface area (Å²) in [5.74, 6) is -0.213. The average Bonchev–Trinajstić information content (AvgIpc) is 2.87. The summed E-state index contributed by atoms with van der Waals surface area (Å²) in [6, 6.07) is 12.5. The number of carbonyl (C=O) groups is 1. The lowest BCUT2D eigenvalue weighted by Gasteiger charge is -2.23. The summed E-state index contributed by atoms with van der Waals surface area (Å²) < 4.78 is 30.1. The summed E-state index contributed by atoms with van der Waals surface area (Å²) >= 11 is 0. The minimum Gasteiger partial charge on any atom is -0.465 e. The fourth-order valence-electron chi connectivity index (χ4n) is 3.64. The van der Waals surface area contributed by atoms with Crippen LogP contribution in [0.3, 0.4) is 0 Å². The average molecular weight is 535 g/mol. The van der Waals surface area contributed by atoms with Crippen molar-refractivity contribution < 1.29 is 28.1 Å². The van der Waals surface area contributed by atoms with Gasteiger partial charge in [0.25, 0.3) is 5.69 Å². The maximum atomic E-state index is 13.5. The van der Waals surface area contributed by atoms with Crippen LogP contribution in [0.1, 0.15) is 78.1 Å². The van der Waals surface area contributed by atoms with Gasteiger partial charge in [0, 0.05) is 12.1 Å². The van der Waals surface area contributed by atoms with Crippen LogP contribution >= 0.6 is 7.75 Å². The Kier molecular flexibility index (Phi) is 13.7. The van der Waals surface area contributed by atoms with Gasteiger partial charge in [-0.2, -0.15) is 5.09 Å². The van der Waals surface area contributed by atoms with Crippen LogP contribution in [0, 0.1) is 10.1 Å². The summed E-state index contributed by atoms with van der Waals surface area (Å²) in [5.41, 5.74) is -0.136. The van der Waals surface area contributed by atoms with Crippen LogP contribution in [0.5, 0.6) is 11.5 Å². The van der Waals surface area contributed by atoms with E-state index in [1.165, 1.54) is 76.1 Å². The van der Waals surface area contributed by atoms with Crippen molar-refractivity contribution in [2.45, 2.75) is 84.1 Å². The first kappa shape index (κ1) is 30.3. The summed E-state index contributed by atoms with van der Waals surface area (Å²) in [6.45, 7) is 4.02. The van der Waals surface area contributed by atoms with Crippen LogP contribution in [-0.4, -0.2) is 23.5 Å². The second-order valence-electron chi connectivity index (χ2n) is 8.94. The van der Waals surface area contributed by atoms with Gasteiger partial charge in [0.05, 0.1) is 11.5 Å². The van der Waals surface area contributed by atoms with Gasteiger partial charge in [0.15, 0.2) is 0 Å². The molecule has 2 aromatic rings. The highest BCUT2D eigenvalue weighted by atomic mass is 31.2. The van der Waals surface area contributed by atoms with Crippen LogP contribution in [0.25, 0.3) is 0 Å². The first-order valence-corrected chi connectivity index (χ1v) is 14.6. The van der Waals surface area contributed by atoms with Crippen molar-refractivity contribution in [1.29, 1.82) is 0 Å². The van der Waals surface area contributed by atoms with Gasteiger partial charge in [-0.1, -0.05) is 82.9 Å². The van der Waals surface area contributed by atoms with E-state index in [1.54, 1.807) is 30.3 Å². The number of non-ortho nitro benzene ring substituents is 1. The van der Waals surface area contributed by atoms with E-state index in [0.717, 1.165) is 19.3 Å². The molecular weight excluding hydrogens is 495 g/mol. The van der Waals surface area contributed by atoms with Gasteiger partial charge in [-0.15, -0.1) is 0 Å². The molecule has 1 N–H and O–H groups in total. The number of esters is 1. The molecule has 0 aromatic heterocycles. The van der Waals surface area contributed by atoms with E-state index in [1.807, 2.05) is 0 Å². The fourth-order valence-corrected chi connectivity index (χ4v) is 5.16. The first-order chi connectivity index (χ1) is 17.8. The van der Waals surface area contributed by atoms with Crippen molar-refractivity contribution in [3.8, 4) is 11.5 Å². The van der Waals surface area contributed by atoms with Gasteiger partial charge >= 0.3 is 13.7 Å². The lowest BCUT2D eigenvalue weighted by atomic mass is 10.1. The van der Waals surface area contributed by atoms with E-state index in [9.17, 15) is 19.5 Å². The van der Waals surface area contributed by atoms with Crippen molar-refractivity contribution >= 4 is 19.4 Å². The number of benzene rings is 2. The molecule has 37 heavy (non-hydrogen) atoms. The molecule has 0 aliphatic heterocycles. The van der Waals surface area contributed by atoms with Crippen molar-refractivity contribution in [3.63, 3.8) is 0 Å².